The zero-order chi connectivity index (χ0) is 14.3. The molecule has 0 radical (unpaired) electrons. The molecule has 0 aromatic heterocycles. The number of hydrogen-bond donors (Lipinski definition) is 0. The second kappa shape index (κ2) is 13.3. The molecule has 0 heterocycles. The summed E-state index contributed by atoms with van der Waals surface area (Å²) in [6.45, 7) is 5.14. The molecule has 0 aromatic rings. The Balaban J connectivity index is 3.25. The van der Waals surface area contributed by atoms with Crippen molar-refractivity contribution < 1.29 is 23.8 Å². The lowest BCUT2D eigenvalue weighted by atomic mass is 10.2. The minimum atomic E-state index is -0.268. The molecule has 5 heteroatoms. The lowest BCUT2D eigenvalue weighted by molar-refractivity contribution is -0.147. The van der Waals surface area contributed by atoms with E-state index < -0.39 is 0 Å². The zero-order valence-corrected chi connectivity index (χ0v) is 12.1. The van der Waals surface area contributed by atoms with E-state index in [0.717, 1.165) is 25.7 Å². The molecule has 112 valence electrons. The molecule has 0 aromatic carbocycles. The van der Waals surface area contributed by atoms with Gasteiger partial charge in [0, 0.05) is 6.42 Å². The molecule has 0 amide bonds. The fourth-order valence-corrected chi connectivity index (χ4v) is 1.47. The van der Waals surface area contributed by atoms with Gasteiger partial charge >= 0.3 is 11.9 Å². The van der Waals surface area contributed by atoms with Crippen LogP contribution in [0.5, 0.6) is 0 Å². The van der Waals surface area contributed by atoms with Crippen LogP contribution < -0.4 is 0 Å². The highest BCUT2D eigenvalue weighted by Crippen LogP contribution is 2.03. The Morgan fingerprint density at radius 1 is 0.789 bits per heavy atom. The molecular formula is C14H26O5. The Labute approximate surface area is 115 Å². The molecule has 0 aliphatic heterocycles. The number of esters is 2. The Kier molecular flexibility index (Phi) is 12.6. The van der Waals surface area contributed by atoms with E-state index in [1.54, 1.807) is 6.92 Å². The topological polar surface area (TPSA) is 61.8 Å². The molecule has 0 bridgehead atoms. The number of carbonyl (C=O) groups is 2. The fourth-order valence-electron chi connectivity index (χ4n) is 1.47. The maximum atomic E-state index is 11.3. The van der Waals surface area contributed by atoms with Crippen LogP contribution in [0.3, 0.4) is 0 Å². The van der Waals surface area contributed by atoms with E-state index in [0.29, 0.717) is 26.2 Å². The lowest BCUT2D eigenvalue weighted by Crippen LogP contribution is -2.13. The first-order chi connectivity index (χ1) is 9.20. The largest absolute Gasteiger partial charge is 0.466 e. The van der Waals surface area contributed by atoms with Crippen molar-refractivity contribution in [2.75, 3.05) is 26.4 Å². The minimum Gasteiger partial charge on any atom is -0.466 e. The van der Waals surface area contributed by atoms with Crippen LogP contribution in [0, 0.1) is 0 Å². The van der Waals surface area contributed by atoms with Gasteiger partial charge in [0.05, 0.1) is 26.2 Å². The first kappa shape index (κ1) is 17.9. The van der Waals surface area contributed by atoms with E-state index in [9.17, 15) is 9.59 Å². The summed E-state index contributed by atoms with van der Waals surface area (Å²) in [5.41, 5.74) is 0. The van der Waals surface area contributed by atoms with E-state index in [1.807, 2.05) is 0 Å². The van der Waals surface area contributed by atoms with Gasteiger partial charge in [-0.05, 0) is 13.3 Å². The summed E-state index contributed by atoms with van der Waals surface area (Å²) in [7, 11) is 0. The molecule has 0 fully saturated rings. The second-order valence-electron chi connectivity index (χ2n) is 4.20. The number of carbonyl (C=O) groups excluding carboxylic acids is 2. The van der Waals surface area contributed by atoms with Crippen molar-refractivity contribution in [3.8, 4) is 0 Å². The van der Waals surface area contributed by atoms with E-state index in [4.69, 9.17) is 14.2 Å². The van der Waals surface area contributed by atoms with E-state index in [2.05, 4.69) is 6.92 Å². The Morgan fingerprint density at radius 2 is 1.53 bits per heavy atom. The van der Waals surface area contributed by atoms with Gasteiger partial charge in [-0.2, -0.15) is 0 Å². The van der Waals surface area contributed by atoms with Crippen molar-refractivity contribution in [1.82, 2.24) is 0 Å². The highest BCUT2D eigenvalue weighted by molar-refractivity contribution is 5.69. The van der Waals surface area contributed by atoms with Crippen molar-refractivity contribution in [2.45, 2.75) is 52.4 Å². The smallest absolute Gasteiger partial charge is 0.308 e. The summed E-state index contributed by atoms with van der Waals surface area (Å²) in [5, 5.41) is 0. The molecule has 0 saturated carbocycles. The molecule has 0 saturated heterocycles. The first-order valence-electron chi connectivity index (χ1n) is 7.09. The van der Waals surface area contributed by atoms with Crippen molar-refractivity contribution in [2.24, 2.45) is 0 Å². The third-order valence-corrected chi connectivity index (χ3v) is 2.48. The van der Waals surface area contributed by atoms with Crippen LogP contribution in [-0.2, 0) is 23.8 Å². The average molecular weight is 274 g/mol. The number of hydrogen-bond acceptors (Lipinski definition) is 5. The standard InChI is InChI=1S/C14H26O5/c1-3-5-6-7-8-13(15)19-12-11-17-10-9-14(16)18-4-2/h3-12H2,1-2H3. The van der Waals surface area contributed by atoms with Gasteiger partial charge in [0.25, 0.3) is 0 Å². The minimum absolute atomic E-state index is 0.176. The van der Waals surface area contributed by atoms with Gasteiger partial charge in [0.2, 0.25) is 0 Å². The molecule has 0 rings (SSSR count). The third kappa shape index (κ3) is 13.1. The van der Waals surface area contributed by atoms with Gasteiger partial charge in [0.1, 0.15) is 6.61 Å². The van der Waals surface area contributed by atoms with E-state index in [-0.39, 0.29) is 25.0 Å². The molecule has 0 spiro atoms. The lowest BCUT2D eigenvalue weighted by Gasteiger charge is -2.06. The number of ether oxygens (including phenoxy) is 3. The molecule has 19 heavy (non-hydrogen) atoms. The Hall–Kier alpha value is -1.10. The molecule has 0 unspecified atom stereocenters. The van der Waals surface area contributed by atoms with Gasteiger partial charge in [-0.15, -0.1) is 0 Å². The van der Waals surface area contributed by atoms with Crippen molar-refractivity contribution in [3.05, 3.63) is 0 Å². The highest BCUT2D eigenvalue weighted by atomic mass is 16.6. The SMILES string of the molecule is CCCCCCC(=O)OCCOCCC(=O)OCC. The molecular weight excluding hydrogens is 248 g/mol. The number of rotatable bonds is 12. The van der Waals surface area contributed by atoms with Crippen LogP contribution in [0.15, 0.2) is 0 Å². The van der Waals surface area contributed by atoms with Gasteiger partial charge in [0.15, 0.2) is 0 Å². The Morgan fingerprint density at radius 3 is 2.21 bits per heavy atom. The molecule has 0 atom stereocenters. The maximum absolute atomic E-state index is 11.3. The summed E-state index contributed by atoms with van der Waals surface area (Å²) in [6, 6.07) is 0. The van der Waals surface area contributed by atoms with Gasteiger partial charge in [-0.25, -0.2) is 0 Å². The summed E-state index contributed by atoms with van der Waals surface area (Å²) in [4.78, 5) is 22.2. The third-order valence-electron chi connectivity index (χ3n) is 2.48. The van der Waals surface area contributed by atoms with Gasteiger partial charge in [-0.3, -0.25) is 9.59 Å². The number of unbranched alkanes of at least 4 members (excludes halogenated alkanes) is 3. The summed E-state index contributed by atoms with van der Waals surface area (Å²) >= 11 is 0. The molecule has 0 aliphatic rings. The second-order valence-corrected chi connectivity index (χ2v) is 4.20. The monoisotopic (exact) mass is 274 g/mol. The van der Waals surface area contributed by atoms with E-state index >= 15 is 0 Å². The van der Waals surface area contributed by atoms with Gasteiger partial charge < -0.3 is 14.2 Å². The predicted octanol–water partition coefficient (Wildman–Crippen LogP) is 2.47. The zero-order valence-electron chi connectivity index (χ0n) is 12.1. The Bertz CT molecular complexity index is 240. The van der Waals surface area contributed by atoms with Crippen LogP contribution in [-0.4, -0.2) is 38.4 Å². The van der Waals surface area contributed by atoms with Crippen molar-refractivity contribution in [3.63, 3.8) is 0 Å². The van der Waals surface area contributed by atoms with Crippen LogP contribution in [0.1, 0.15) is 52.4 Å². The first-order valence-corrected chi connectivity index (χ1v) is 7.09. The van der Waals surface area contributed by atoms with E-state index in [1.165, 1.54) is 0 Å². The van der Waals surface area contributed by atoms with Gasteiger partial charge in [-0.1, -0.05) is 26.2 Å². The van der Waals surface area contributed by atoms with Crippen LogP contribution >= 0.6 is 0 Å². The quantitative estimate of drug-likeness (QED) is 0.404. The predicted molar refractivity (Wildman–Crippen MR) is 71.8 cm³/mol. The summed E-state index contributed by atoms with van der Waals surface area (Å²) in [6.07, 6.45) is 4.98. The van der Waals surface area contributed by atoms with Crippen LogP contribution in [0.4, 0.5) is 0 Å². The normalized spacial score (nSPS) is 10.2. The van der Waals surface area contributed by atoms with Crippen molar-refractivity contribution in [1.29, 1.82) is 0 Å². The summed E-state index contributed by atoms with van der Waals surface area (Å²) in [5.74, 6) is -0.444. The molecule has 0 N–H and O–H groups in total. The van der Waals surface area contributed by atoms with Crippen LogP contribution in [0.2, 0.25) is 0 Å². The van der Waals surface area contributed by atoms with Crippen LogP contribution in [0.25, 0.3) is 0 Å². The molecule has 5 nitrogen and oxygen atoms in total. The maximum Gasteiger partial charge on any atom is 0.308 e. The summed E-state index contributed by atoms with van der Waals surface area (Å²) < 4.78 is 14.9. The highest BCUT2D eigenvalue weighted by Gasteiger charge is 2.03. The fraction of sp³-hybridized carbons (Fsp3) is 0.857. The molecule has 0 aliphatic carbocycles. The average Bonchev–Trinajstić information content (AvgIpc) is 2.39. The van der Waals surface area contributed by atoms with Crippen molar-refractivity contribution >= 4 is 11.9 Å².